The molecule has 2 N–H and O–H groups in total. The van der Waals surface area contributed by atoms with Gasteiger partial charge in [0.25, 0.3) is 0 Å². The van der Waals surface area contributed by atoms with Crippen molar-refractivity contribution in [3.63, 3.8) is 0 Å². The van der Waals surface area contributed by atoms with Crippen LogP contribution in [0.25, 0.3) is 10.9 Å². The van der Waals surface area contributed by atoms with Crippen LogP contribution in [0, 0.1) is 5.82 Å². The van der Waals surface area contributed by atoms with Crippen LogP contribution in [0.1, 0.15) is 30.2 Å². The minimum absolute atomic E-state index is 0.114. The van der Waals surface area contributed by atoms with E-state index in [1.54, 1.807) is 12.4 Å². The summed E-state index contributed by atoms with van der Waals surface area (Å²) in [6, 6.07) is 6.93. The maximum Gasteiger partial charge on any atom is 0.219 e. The average molecular weight is 385 g/mol. The largest absolute Gasteiger partial charge is 0.437 e. The third-order valence-electron chi connectivity index (χ3n) is 4.38. The minimum atomic E-state index is -0.510. The zero-order valence-electron chi connectivity index (χ0n) is 14.7. The molecule has 0 aliphatic rings. The summed E-state index contributed by atoms with van der Waals surface area (Å²) >= 11 is 6.21. The van der Waals surface area contributed by atoms with E-state index in [1.165, 1.54) is 6.07 Å². The molecule has 4 aromatic rings. The number of aromatic nitrogens is 4. The van der Waals surface area contributed by atoms with Crippen molar-refractivity contribution in [2.45, 2.75) is 26.2 Å². The molecule has 0 saturated carbocycles. The molecular formula is C20H18ClFN4O. The van der Waals surface area contributed by atoms with Crippen molar-refractivity contribution in [2.75, 3.05) is 0 Å². The van der Waals surface area contributed by atoms with Gasteiger partial charge in [-0.15, -0.1) is 0 Å². The molecule has 0 radical (unpaired) electrons. The molecule has 5 nitrogen and oxygen atoms in total. The van der Waals surface area contributed by atoms with E-state index < -0.39 is 5.82 Å². The van der Waals surface area contributed by atoms with Crippen LogP contribution in [-0.4, -0.2) is 20.2 Å². The van der Waals surface area contributed by atoms with Gasteiger partial charge in [-0.2, -0.15) is 5.10 Å². The second-order valence-corrected chi connectivity index (χ2v) is 6.73. The molecule has 138 valence electrons. The van der Waals surface area contributed by atoms with Gasteiger partial charge in [0.05, 0.1) is 10.5 Å². The van der Waals surface area contributed by atoms with Gasteiger partial charge in [0, 0.05) is 48.2 Å². The number of aromatic amines is 2. The van der Waals surface area contributed by atoms with Crippen LogP contribution < -0.4 is 4.74 Å². The van der Waals surface area contributed by atoms with Gasteiger partial charge in [0.1, 0.15) is 5.82 Å². The number of ether oxygens (including phenoxy) is 1. The highest BCUT2D eigenvalue weighted by molar-refractivity contribution is 6.36. The Labute approximate surface area is 160 Å². The van der Waals surface area contributed by atoms with Crippen LogP contribution in [0.5, 0.6) is 11.6 Å². The van der Waals surface area contributed by atoms with E-state index in [2.05, 4.69) is 27.1 Å². The van der Waals surface area contributed by atoms with Crippen molar-refractivity contribution < 1.29 is 9.13 Å². The Morgan fingerprint density at radius 3 is 2.89 bits per heavy atom. The van der Waals surface area contributed by atoms with E-state index in [-0.39, 0.29) is 5.02 Å². The molecule has 4 rings (SSSR count). The lowest BCUT2D eigenvalue weighted by Gasteiger charge is -2.09. The molecule has 0 saturated heterocycles. The molecule has 3 aromatic heterocycles. The molecule has 0 atom stereocenters. The van der Waals surface area contributed by atoms with Gasteiger partial charge < -0.3 is 9.72 Å². The van der Waals surface area contributed by atoms with Crippen LogP contribution in [0.2, 0.25) is 5.02 Å². The van der Waals surface area contributed by atoms with Gasteiger partial charge in [-0.25, -0.2) is 9.37 Å². The maximum atomic E-state index is 14.4. The summed E-state index contributed by atoms with van der Waals surface area (Å²) in [5.74, 6) is 0.242. The van der Waals surface area contributed by atoms with Crippen LogP contribution >= 0.6 is 11.6 Å². The number of halogens is 2. The van der Waals surface area contributed by atoms with E-state index in [0.717, 1.165) is 29.7 Å². The van der Waals surface area contributed by atoms with Crippen LogP contribution in [0.15, 0.2) is 42.9 Å². The molecule has 0 amide bonds. The lowest BCUT2D eigenvalue weighted by atomic mass is 10.1. The quantitative estimate of drug-likeness (QED) is 0.466. The van der Waals surface area contributed by atoms with Crippen molar-refractivity contribution in [1.82, 2.24) is 20.2 Å². The fraction of sp³-hybridized carbons (Fsp3) is 0.200. The first-order valence-electron chi connectivity index (χ1n) is 8.74. The normalized spacial score (nSPS) is 11.2. The number of hydrogen-bond acceptors (Lipinski definition) is 3. The Morgan fingerprint density at radius 1 is 1.22 bits per heavy atom. The molecule has 0 unspecified atom stereocenters. The number of fused-ring (bicyclic) bond motifs is 1. The summed E-state index contributed by atoms with van der Waals surface area (Å²) in [4.78, 5) is 7.41. The zero-order chi connectivity index (χ0) is 18.8. The maximum absolute atomic E-state index is 14.4. The van der Waals surface area contributed by atoms with Gasteiger partial charge in [-0.1, -0.05) is 24.9 Å². The summed E-state index contributed by atoms with van der Waals surface area (Å²) in [6.07, 6.45) is 7.65. The standard InChI is InChI=1S/C20H18ClFN4O/c1-2-3-13-11-24-20-16(10-15(22)19(21)18(13)20)27-17-9-12(4-6-23-17)8-14-5-7-25-26-14/h4-7,9-11,24H,2-3,8H2,1H3,(H,25,26). The summed E-state index contributed by atoms with van der Waals surface area (Å²) < 4.78 is 20.3. The third-order valence-corrected chi connectivity index (χ3v) is 4.75. The van der Waals surface area contributed by atoms with Crippen molar-refractivity contribution in [3.05, 3.63) is 70.5 Å². The average Bonchev–Trinajstić information content (AvgIpc) is 3.30. The Bertz CT molecular complexity index is 1080. The van der Waals surface area contributed by atoms with Crippen molar-refractivity contribution in [2.24, 2.45) is 0 Å². The summed E-state index contributed by atoms with van der Waals surface area (Å²) in [5.41, 5.74) is 3.64. The molecule has 0 fully saturated rings. The lowest BCUT2D eigenvalue weighted by molar-refractivity contribution is 0.462. The number of pyridine rings is 1. The highest BCUT2D eigenvalue weighted by Crippen LogP contribution is 2.37. The minimum Gasteiger partial charge on any atom is -0.437 e. The SMILES string of the molecule is CCCc1c[nH]c2c(Oc3cc(Cc4ccn[nH]4)ccn3)cc(F)c(Cl)c12. The molecule has 0 spiro atoms. The molecular weight excluding hydrogens is 367 g/mol. The van der Waals surface area contributed by atoms with E-state index in [4.69, 9.17) is 16.3 Å². The van der Waals surface area contributed by atoms with Crippen molar-refractivity contribution in [3.8, 4) is 11.6 Å². The Kier molecular flexibility index (Phi) is 4.81. The number of nitrogens with one attached hydrogen (secondary N) is 2. The first kappa shape index (κ1) is 17.5. The monoisotopic (exact) mass is 384 g/mol. The number of H-pyrrole nitrogens is 2. The van der Waals surface area contributed by atoms with Crippen LogP contribution in [-0.2, 0) is 12.8 Å². The molecule has 0 bridgehead atoms. The summed E-state index contributed by atoms with van der Waals surface area (Å²) in [6.45, 7) is 2.07. The van der Waals surface area contributed by atoms with Gasteiger partial charge in [-0.05, 0) is 29.7 Å². The van der Waals surface area contributed by atoms with Crippen LogP contribution in [0.4, 0.5) is 4.39 Å². The van der Waals surface area contributed by atoms with Gasteiger partial charge in [0.15, 0.2) is 5.75 Å². The number of aryl methyl sites for hydroxylation is 1. The Morgan fingerprint density at radius 2 is 2.11 bits per heavy atom. The molecule has 0 aliphatic carbocycles. The Balaban J connectivity index is 1.68. The third kappa shape index (κ3) is 3.53. The highest BCUT2D eigenvalue weighted by atomic mass is 35.5. The predicted molar refractivity (Wildman–Crippen MR) is 103 cm³/mol. The van der Waals surface area contributed by atoms with Crippen molar-refractivity contribution in [1.29, 1.82) is 0 Å². The van der Waals surface area contributed by atoms with E-state index in [1.807, 2.05) is 24.4 Å². The first-order chi connectivity index (χ1) is 13.2. The number of hydrogen-bond donors (Lipinski definition) is 2. The molecule has 27 heavy (non-hydrogen) atoms. The summed E-state index contributed by atoms with van der Waals surface area (Å²) in [7, 11) is 0. The van der Waals surface area contributed by atoms with Crippen molar-refractivity contribution >= 4 is 22.5 Å². The fourth-order valence-electron chi connectivity index (χ4n) is 3.16. The smallest absolute Gasteiger partial charge is 0.219 e. The molecule has 0 aliphatic heterocycles. The van der Waals surface area contributed by atoms with Gasteiger partial charge in [0.2, 0.25) is 5.88 Å². The Hall–Kier alpha value is -2.86. The fourth-order valence-corrected chi connectivity index (χ4v) is 3.43. The van der Waals surface area contributed by atoms with E-state index >= 15 is 0 Å². The second kappa shape index (κ2) is 7.40. The number of benzene rings is 1. The predicted octanol–water partition coefficient (Wildman–Crippen LogP) is 5.41. The van der Waals surface area contributed by atoms with E-state index in [9.17, 15) is 4.39 Å². The number of rotatable bonds is 6. The molecule has 1 aromatic carbocycles. The molecule has 3 heterocycles. The molecule has 7 heteroatoms. The number of nitrogens with zero attached hydrogens (tertiary/aromatic N) is 2. The second-order valence-electron chi connectivity index (χ2n) is 6.35. The van der Waals surface area contributed by atoms with Gasteiger partial charge >= 0.3 is 0 Å². The summed E-state index contributed by atoms with van der Waals surface area (Å²) in [5, 5.41) is 7.66. The highest BCUT2D eigenvalue weighted by Gasteiger charge is 2.17. The van der Waals surface area contributed by atoms with Crippen LogP contribution in [0.3, 0.4) is 0 Å². The zero-order valence-corrected chi connectivity index (χ0v) is 15.5. The van der Waals surface area contributed by atoms with Gasteiger partial charge in [-0.3, -0.25) is 5.10 Å². The first-order valence-corrected chi connectivity index (χ1v) is 9.12. The lowest BCUT2D eigenvalue weighted by Crippen LogP contribution is -1.94. The van der Waals surface area contributed by atoms with E-state index in [0.29, 0.717) is 29.0 Å². The topological polar surface area (TPSA) is 66.6 Å².